The Hall–Kier alpha value is -2.84. The summed E-state index contributed by atoms with van der Waals surface area (Å²) in [6.45, 7) is 4.96. The molecule has 2 saturated heterocycles. The summed E-state index contributed by atoms with van der Waals surface area (Å²) in [5, 5.41) is 14.4. The van der Waals surface area contributed by atoms with Gasteiger partial charge in [0.25, 0.3) is 0 Å². The Morgan fingerprint density at radius 2 is 2.04 bits per heavy atom. The van der Waals surface area contributed by atoms with Crippen LogP contribution in [0, 0.1) is 0 Å². The van der Waals surface area contributed by atoms with Crippen molar-refractivity contribution in [3.05, 3.63) is 57.6 Å². The molecule has 1 amide bonds. The van der Waals surface area contributed by atoms with E-state index in [2.05, 4.69) is 10.3 Å². The van der Waals surface area contributed by atoms with Crippen LogP contribution in [-0.2, 0) is 37.1 Å². The Balaban J connectivity index is 1.49. The average molecular weight is 672 g/mol. The van der Waals surface area contributed by atoms with Gasteiger partial charge in [-0.2, -0.15) is 4.98 Å². The molecule has 0 aliphatic carbocycles. The number of unbranched alkanes of at least 4 members (excludes halogenated alkanes) is 2. The Labute approximate surface area is 265 Å². The summed E-state index contributed by atoms with van der Waals surface area (Å²) in [5.41, 5.74) is -2.15. The SMILES string of the molecule is CCCCCOC(=O)Nc1ccn([C@@H]2O[C@H](COP3(=O)OCC[C@@H](c4cccc(Cl)c4)O3)[C@@H](OC(=O)CCC)[C@@]2(C)O)c(=O)n1. The largest absolute Gasteiger partial charge is 0.475 e. The summed E-state index contributed by atoms with van der Waals surface area (Å²) in [5.74, 6) is -0.684. The smallest absolute Gasteiger partial charge is 0.456 e. The van der Waals surface area contributed by atoms with E-state index in [1.54, 1.807) is 31.2 Å². The first-order valence-corrected chi connectivity index (χ1v) is 16.7. The fraction of sp³-hybridized carbons (Fsp3) is 0.586. The predicted molar refractivity (Wildman–Crippen MR) is 162 cm³/mol. The molecule has 2 fully saturated rings. The van der Waals surface area contributed by atoms with Gasteiger partial charge in [0.1, 0.15) is 17.5 Å². The number of carbonyl (C=O) groups is 2. The minimum Gasteiger partial charge on any atom is -0.456 e. The van der Waals surface area contributed by atoms with Crippen molar-refractivity contribution in [3.8, 4) is 0 Å². The molecule has 2 aromatic rings. The van der Waals surface area contributed by atoms with Gasteiger partial charge < -0.3 is 19.3 Å². The zero-order chi connectivity index (χ0) is 32.6. The van der Waals surface area contributed by atoms with E-state index in [1.807, 2.05) is 6.92 Å². The Bertz CT molecular complexity index is 1440. The van der Waals surface area contributed by atoms with Crippen molar-refractivity contribution in [3.63, 3.8) is 0 Å². The molecule has 0 saturated carbocycles. The molecule has 14 nitrogen and oxygen atoms in total. The predicted octanol–water partition coefficient (Wildman–Crippen LogP) is 5.30. The Morgan fingerprint density at radius 1 is 1.24 bits per heavy atom. The van der Waals surface area contributed by atoms with Gasteiger partial charge in [-0.15, -0.1) is 0 Å². The lowest BCUT2D eigenvalue weighted by atomic mass is 9.96. The van der Waals surface area contributed by atoms with Crippen LogP contribution >= 0.6 is 19.4 Å². The van der Waals surface area contributed by atoms with E-state index < -0.39 is 62.3 Å². The highest BCUT2D eigenvalue weighted by molar-refractivity contribution is 7.48. The van der Waals surface area contributed by atoms with E-state index in [9.17, 15) is 24.1 Å². The molecule has 0 spiro atoms. The molecule has 0 radical (unpaired) electrons. The molecule has 248 valence electrons. The molecule has 0 bridgehead atoms. The number of aromatic nitrogens is 2. The summed E-state index contributed by atoms with van der Waals surface area (Å²) < 4.78 is 47.8. The summed E-state index contributed by atoms with van der Waals surface area (Å²) in [7, 11) is -4.13. The number of aliphatic hydroxyl groups is 1. The molecule has 1 aromatic heterocycles. The van der Waals surface area contributed by atoms with Gasteiger partial charge in [-0.3, -0.25) is 28.2 Å². The molecule has 2 aliphatic heterocycles. The summed E-state index contributed by atoms with van der Waals surface area (Å²) in [6.07, 6.45) is -0.534. The highest BCUT2D eigenvalue weighted by atomic mass is 35.5. The van der Waals surface area contributed by atoms with Crippen molar-refractivity contribution >= 4 is 37.3 Å². The van der Waals surface area contributed by atoms with Crippen molar-refractivity contribution in [2.45, 2.75) is 89.4 Å². The number of anilines is 1. The van der Waals surface area contributed by atoms with Crippen molar-refractivity contribution in [2.24, 2.45) is 0 Å². The zero-order valence-electron chi connectivity index (χ0n) is 25.4. The standard InChI is InChI=1S/C29H39ClN3O11P/c1-4-6-7-15-39-28(36)32-23-12-14-33(27(35)31-23)26-29(3,37)25(43-24(34)9-5-2)22(42-26)18-41-45(38)40-16-13-21(44-45)19-10-8-11-20(30)17-19/h8,10-12,14,17,21-22,25-26,37H,4-7,9,13,15-16,18H2,1-3H3,(H,31,32,35,36)/t21-,22+,25+,26+,29+,45?/m0/s1. The molecule has 2 N–H and O–H groups in total. The molecule has 4 rings (SSSR count). The number of ether oxygens (including phenoxy) is 3. The van der Waals surface area contributed by atoms with Gasteiger partial charge in [-0.05, 0) is 43.5 Å². The second-order valence-electron chi connectivity index (χ2n) is 10.9. The lowest BCUT2D eigenvalue weighted by Crippen LogP contribution is -2.48. The topological polar surface area (TPSA) is 174 Å². The highest BCUT2D eigenvalue weighted by Gasteiger charge is 2.57. The molecular formula is C29H39ClN3O11P. The van der Waals surface area contributed by atoms with Crippen LogP contribution in [0.3, 0.4) is 0 Å². The van der Waals surface area contributed by atoms with Crippen LogP contribution in [0.2, 0.25) is 5.02 Å². The summed E-state index contributed by atoms with van der Waals surface area (Å²) in [4.78, 5) is 41.5. The van der Waals surface area contributed by atoms with E-state index in [-0.39, 0.29) is 25.5 Å². The molecule has 3 heterocycles. The maximum atomic E-state index is 13.4. The molecule has 2 aliphatic rings. The number of nitrogens with one attached hydrogen (secondary N) is 1. The third-order valence-corrected chi connectivity index (χ3v) is 8.94. The summed E-state index contributed by atoms with van der Waals surface area (Å²) >= 11 is 6.10. The number of rotatable bonds is 13. The number of phosphoric acid groups is 1. The second kappa shape index (κ2) is 15.6. The maximum Gasteiger partial charge on any atom is 0.475 e. The molecule has 1 aromatic carbocycles. The van der Waals surface area contributed by atoms with E-state index >= 15 is 0 Å². The lowest BCUT2D eigenvalue weighted by Gasteiger charge is -2.31. The number of carbonyl (C=O) groups excluding carboxylic acids is 2. The number of halogens is 1. The van der Waals surface area contributed by atoms with Gasteiger partial charge in [0.15, 0.2) is 12.3 Å². The fourth-order valence-electron chi connectivity index (χ4n) is 4.96. The molecular weight excluding hydrogens is 633 g/mol. The number of hydrogen-bond acceptors (Lipinski definition) is 12. The summed E-state index contributed by atoms with van der Waals surface area (Å²) in [6, 6.07) is 8.24. The minimum atomic E-state index is -4.13. The third kappa shape index (κ3) is 9.13. The first-order valence-electron chi connectivity index (χ1n) is 14.9. The number of amides is 1. The quantitative estimate of drug-likeness (QED) is 0.160. The molecule has 45 heavy (non-hydrogen) atoms. The number of benzene rings is 1. The number of nitrogens with zero attached hydrogens (tertiary/aromatic N) is 2. The van der Waals surface area contributed by atoms with Gasteiger partial charge in [0.05, 0.1) is 25.9 Å². The van der Waals surface area contributed by atoms with Crippen molar-refractivity contribution in [2.75, 3.05) is 25.1 Å². The average Bonchev–Trinajstić information content (AvgIpc) is 3.23. The van der Waals surface area contributed by atoms with Crippen LogP contribution in [0.1, 0.15) is 77.2 Å². The van der Waals surface area contributed by atoms with Crippen LogP contribution in [-0.4, -0.2) is 64.3 Å². The highest BCUT2D eigenvalue weighted by Crippen LogP contribution is 2.57. The van der Waals surface area contributed by atoms with Crippen LogP contribution in [0.5, 0.6) is 0 Å². The van der Waals surface area contributed by atoms with Crippen molar-refractivity contribution in [1.29, 1.82) is 0 Å². The Morgan fingerprint density at radius 3 is 2.76 bits per heavy atom. The zero-order valence-corrected chi connectivity index (χ0v) is 27.0. The van der Waals surface area contributed by atoms with Gasteiger partial charge in [-0.1, -0.05) is 50.4 Å². The lowest BCUT2D eigenvalue weighted by molar-refractivity contribution is -0.164. The number of esters is 1. The monoisotopic (exact) mass is 671 g/mol. The van der Waals surface area contributed by atoms with Crippen LogP contribution in [0.4, 0.5) is 10.6 Å². The van der Waals surface area contributed by atoms with E-state index in [1.165, 1.54) is 19.2 Å². The Kier molecular flexibility index (Phi) is 12.2. The van der Waals surface area contributed by atoms with Crippen LogP contribution in [0.25, 0.3) is 0 Å². The molecule has 16 heteroatoms. The molecule has 6 atom stereocenters. The second-order valence-corrected chi connectivity index (χ2v) is 13.0. The third-order valence-electron chi connectivity index (χ3n) is 7.23. The normalized spacial score (nSPS) is 28.0. The van der Waals surface area contributed by atoms with Crippen molar-refractivity contribution in [1.82, 2.24) is 9.55 Å². The first-order chi connectivity index (χ1) is 21.5. The van der Waals surface area contributed by atoms with Crippen LogP contribution < -0.4 is 11.0 Å². The fourth-order valence-corrected chi connectivity index (χ4v) is 6.55. The minimum absolute atomic E-state index is 0.0628. The first kappa shape index (κ1) is 35.0. The van der Waals surface area contributed by atoms with Gasteiger partial charge in [0.2, 0.25) is 0 Å². The van der Waals surface area contributed by atoms with E-state index in [0.29, 0.717) is 29.8 Å². The van der Waals surface area contributed by atoms with Crippen molar-refractivity contribution < 1.29 is 47.0 Å². The van der Waals surface area contributed by atoms with E-state index in [0.717, 1.165) is 17.4 Å². The van der Waals surface area contributed by atoms with E-state index in [4.69, 9.17) is 39.4 Å². The number of phosphoric ester groups is 1. The number of hydrogen-bond donors (Lipinski definition) is 2. The maximum absolute atomic E-state index is 13.4. The van der Waals surface area contributed by atoms with Gasteiger partial charge >= 0.3 is 25.6 Å². The molecule has 1 unspecified atom stereocenters. The van der Waals surface area contributed by atoms with Gasteiger partial charge in [0, 0.05) is 24.1 Å². The van der Waals surface area contributed by atoms with Crippen LogP contribution in [0.15, 0.2) is 41.3 Å². The van der Waals surface area contributed by atoms with Gasteiger partial charge in [-0.25, -0.2) is 14.2 Å².